The summed E-state index contributed by atoms with van der Waals surface area (Å²) in [6, 6.07) is 9.76. The Morgan fingerprint density at radius 3 is 3.04 bits per heavy atom. The molecule has 1 saturated heterocycles. The molecule has 3 rings (SSSR count). The number of halogens is 1. The molecule has 5 nitrogen and oxygen atoms in total. The summed E-state index contributed by atoms with van der Waals surface area (Å²) in [6.45, 7) is 1.92. The van der Waals surface area contributed by atoms with Crippen molar-refractivity contribution in [1.82, 2.24) is 9.78 Å². The largest absolute Gasteiger partial charge is 0.353 e. The van der Waals surface area contributed by atoms with Crippen LogP contribution < -0.4 is 0 Å². The van der Waals surface area contributed by atoms with Crippen LogP contribution in [0.15, 0.2) is 34.9 Å². The van der Waals surface area contributed by atoms with E-state index >= 15 is 0 Å². The molecule has 0 radical (unpaired) electrons. The lowest BCUT2D eigenvalue weighted by Gasteiger charge is -2.22. The Labute approximate surface area is 143 Å². The average molecular weight is 376 g/mol. The highest BCUT2D eigenvalue weighted by atomic mass is 79.9. The Morgan fingerprint density at radius 2 is 2.26 bits per heavy atom. The Morgan fingerprint density at radius 1 is 1.39 bits per heavy atom. The fourth-order valence-electron chi connectivity index (χ4n) is 2.70. The molecule has 0 amide bonds. The second-order valence-electron chi connectivity index (χ2n) is 5.39. The second-order valence-corrected chi connectivity index (χ2v) is 6.24. The van der Waals surface area contributed by atoms with Crippen LogP contribution in [-0.2, 0) is 16.0 Å². The quantitative estimate of drug-likeness (QED) is 0.798. The van der Waals surface area contributed by atoms with E-state index in [2.05, 4.69) is 27.1 Å². The molecule has 6 heteroatoms. The molecule has 1 aromatic heterocycles. The number of benzene rings is 1. The van der Waals surface area contributed by atoms with Crippen LogP contribution in [0.3, 0.4) is 0 Å². The topological polar surface area (TPSA) is 60.1 Å². The lowest BCUT2D eigenvalue weighted by molar-refractivity contribution is -0.163. The standard InChI is InChI=1S/C17H18BrN3O2/c18-15-12-20-21(8-10-23-16-7-3-4-9-22-16)17(15)14-6-2-1-5-13(14)11-19/h1-2,5-6,12,16H,3-4,7-10H2. The van der Waals surface area contributed by atoms with Gasteiger partial charge in [-0.25, -0.2) is 0 Å². The molecule has 23 heavy (non-hydrogen) atoms. The number of aromatic nitrogens is 2. The maximum atomic E-state index is 9.31. The minimum absolute atomic E-state index is 0.0994. The lowest BCUT2D eigenvalue weighted by atomic mass is 10.1. The molecule has 1 fully saturated rings. The van der Waals surface area contributed by atoms with Gasteiger partial charge in [-0.05, 0) is 41.3 Å². The molecule has 2 heterocycles. The molecule has 0 N–H and O–H groups in total. The molecule has 0 saturated carbocycles. The van der Waals surface area contributed by atoms with Crippen molar-refractivity contribution in [2.24, 2.45) is 0 Å². The van der Waals surface area contributed by atoms with E-state index in [-0.39, 0.29) is 6.29 Å². The Hall–Kier alpha value is -1.68. The van der Waals surface area contributed by atoms with Crippen molar-refractivity contribution in [2.45, 2.75) is 32.1 Å². The van der Waals surface area contributed by atoms with E-state index in [1.165, 1.54) is 0 Å². The van der Waals surface area contributed by atoms with Crippen molar-refractivity contribution in [3.05, 3.63) is 40.5 Å². The molecular weight excluding hydrogens is 358 g/mol. The third kappa shape index (κ3) is 3.81. The van der Waals surface area contributed by atoms with Gasteiger partial charge in [0.25, 0.3) is 0 Å². The molecule has 120 valence electrons. The Kier molecular flexibility index (Phi) is 5.44. The zero-order valence-electron chi connectivity index (χ0n) is 12.7. The first-order valence-electron chi connectivity index (χ1n) is 7.73. The van der Waals surface area contributed by atoms with Crippen LogP contribution in [0.5, 0.6) is 0 Å². The molecule has 1 aliphatic heterocycles. The molecule has 1 aliphatic rings. The van der Waals surface area contributed by atoms with E-state index in [9.17, 15) is 5.26 Å². The summed E-state index contributed by atoms with van der Waals surface area (Å²) in [5, 5.41) is 13.7. The van der Waals surface area contributed by atoms with E-state index in [0.29, 0.717) is 18.7 Å². The first-order chi connectivity index (χ1) is 11.3. The Bertz CT molecular complexity index is 702. The fourth-order valence-corrected chi connectivity index (χ4v) is 3.21. The predicted molar refractivity (Wildman–Crippen MR) is 89.6 cm³/mol. The summed E-state index contributed by atoms with van der Waals surface area (Å²) in [6.07, 6.45) is 4.87. The van der Waals surface area contributed by atoms with Crippen LogP contribution in [0, 0.1) is 11.3 Å². The van der Waals surface area contributed by atoms with Crippen LogP contribution >= 0.6 is 15.9 Å². The van der Waals surface area contributed by atoms with E-state index in [0.717, 1.165) is 41.6 Å². The summed E-state index contributed by atoms with van der Waals surface area (Å²) in [4.78, 5) is 0. The van der Waals surface area contributed by atoms with Crippen molar-refractivity contribution >= 4 is 15.9 Å². The summed E-state index contributed by atoms with van der Waals surface area (Å²) in [5.74, 6) is 0. The van der Waals surface area contributed by atoms with Crippen LogP contribution in [-0.4, -0.2) is 29.3 Å². The van der Waals surface area contributed by atoms with Gasteiger partial charge < -0.3 is 9.47 Å². The Balaban J connectivity index is 1.73. The minimum atomic E-state index is -0.0994. The van der Waals surface area contributed by atoms with Gasteiger partial charge in [-0.3, -0.25) is 4.68 Å². The molecule has 1 aromatic carbocycles. The van der Waals surface area contributed by atoms with Crippen molar-refractivity contribution in [3.8, 4) is 17.3 Å². The molecule has 0 aliphatic carbocycles. The molecular formula is C17H18BrN3O2. The van der Waals surface area contributed by atoms with Gasteiger partial charge in [0.1, 0.15) is 0 Å². The van der Waals surface area contributed by atoms with E-state index < -0.39 is 0 Å². The number of hydrogen-bond acceptors (Lipinski definition) is 4. The molecule has 2 aromatic rings. The highest BCUT2D eigenvalue weighted by Gasteiger charge is 2.16. The van der Waals surface area contributed by atoms with Gasteiger partial charge in [-0.1, -0.05) is 18.2 Å². The van der Waals surface area contributed by atoms with Gasteiger partial charge in [0, 0.05) is 12.2 Å². The first kappa shape index (κ1) is 16.2. The molecule has 0 spiro atoms. The highest BCUT2D eigenvalue weighted by molar-refractivity contribution is 9.10. The number of nitrogens with zero attached hydrogens (tertiary/aromatic N) is 3. The lowest BCUT2D eigenvalue weighted by Crippen LogP contribution is -2.24. The van der Waals surface area contributed by atoms with Gasteiger partial charge >= 0.3 is 0 Å². The highest BCUT2D eigenvalue weighted by Crippen LogP contribution is 2.30. The fraction of sp³-hybridized carbons (Fsp3) is 0.412. The van der Waals surface area contributed by atoms with Gasteiger partial charge in [0.2, 0.25) is 0 Å². The zero-order valence-corrected chi connectivity index (χ0v) is 14.3. The SMILES string of the molecule is N#Cc1ccccc1-c1c(Br)cnn1CCOC1CCCCO1. The molecule has 0 bridgehead atoms. The van der Waals surface area contributed by atoms with E-state index in [1.807, 2.05) is 28.9 Å². The second kappa shape index (κ2) is 7.73. The maximum Gasteiger partial charge on any atom is 0.157 e. The number of nitriles is 1. The zero-order chi connectivity index (χ0) is 16.1. The number of hydrogen-bond donors (Lipinski definition) is 0. The summed E-state index contributed by atoms with van der Waals surface area (Å²) < 4.78 is 14.1. The first-order valence-corrected chi connectivity index (χ1v) is 8.53. The van der Waals surface area contributed by atoms with Crippen LogP contribution in [0.25, 0.3) is 11.3 Å². The minimum Gasteiger partial charge on any atom is -0.353 e. The van der Waals surface area contributed by atoms with Gasteiger partial charge in [0.15, 0.2) is 6.29 Å². The number of ether oxygens (including phenoxy) is 2. The van der Waals surface area contributed by atoms with Crippen molar-refractivity contribution in [3.63, 3.8) is 0 Å². The van der Waals surface area contributed by atoms with E-state index in [4.69, 9.17) is 9.47 Å². The monoisotopic (exact) mass is 375 g/mol. The van der Waals surface area contributed by atoms with Crippen molar-refractivity contribution in [1.29, 1.82) is 5.26 Å². The number of rotatable bonds is 5. The van der Waals surface area contributed by atoms with E-state index in [1.54, 1.807) is 6.20 Å². The van der Waals surface area contributed by atoms with Gasteiger partial charge in [-0.2, -0.15) is 10.4 Å². The third-order valence-electron chi connectivity index (χ3n) is 3.84. The van der Waals surface area contributed by atoms with Gasteiger partial charge in [0.05, 0.1) is 41.1 Å². The summed E-state index contributed by atoms with van der Waals surface area (Å²) in [7, 11) is 0. The smallest absolute Gasteiger partial charge is 0.157 e. The van der Waals surface area contributed by atoms with Crippen LogP contribution in [0.4, 0.5) is 0 Å². The normalized spacial score (nSPS) is 17.8. The molecule has 1 atom stereocenters. The van der Waals surface area contributed by atoms with Gasteiger partial charge in [-0.15, -0.1) is 0 Å². The van der Waals surface area contributed by atoms with Crippen LogP contribution in [0.1, 0.15) is 24.8 Å². The maximum absolute atomic E-state index is 9.31. The predicted octanol–water partition coefficient (Wildman–Crippen LogP) is 3.73. The average Bonchev–Trinajstić information content (AvgIpc) is 2.96. The summed E-state index contributed by atoms with van der Waals surface area (Å²) >= 11 is 3.53. The van der Waals surface area contributed by atoms with Crippen molar-refractivity contribution in [2.75, 3.05) is 13.2 Å². The molecule has 1 unspecified atom stereocenters. The third-order valence-corrected chi connectivity index (χ3v) is 4.42. The summed E-state index contributed by atoms with van der Waals surface area (Å²) in [5.41, 5.74) is 2.40. The van der Waals surface area contributed by atoms with Crippen molar-refractivity contribution < 1.29 is 9.47 Å². The van der Waals surface area contributed by atoms with Crippen LogP contribution in [0.2, 0.25) is 0 Å².